The maximum atomic E-state index is 13.6. The molecular weight excluding hydrogens is 235 g/mol. The molecule has 0 radical (unpaired) electrons. The highest BCUT2D eigenvalue weighted by Gasteiger charge is 2.11. The Bertz CT molecular complexity index is 730. The molecule has 0 bridgehead atoms. The summed E-state index contributed by atoms with van der Waals surface area (Å²) >= 11 is 0. The molecule has 0 saturated carbocycles. The highest BCUT2D eigenvalue weighted by Crippen LogP contribution is 2.20. The van der Waals surface area contributed by atoms with Crippen molar-refractivity contribution in [2.24, 2.45) is 0 Å². The van der Waals surface area contributed by atoms with E-state index in [0.717, 1.165) is 0 Å². The molecular formula is C11H7FN6. The number of hydrogen-bond donors (Lipinski definition) is 1. The highest BCUT2D eigenvalue weighted by molar-refractivity contribution is 5.81. The monoisotopic (exact) mass is 242 g/mol. The fourth-order valence-corrected chi connectivity index (χ4v) is 1.54. The van der Waals surface area contributed by atoms with E-state index >= 15 is 0 Å². The predicted octanol–water partition coefficient (Wildman–Crippen LogP) is 1.20. The lowest BCUT2D eigenvalue weighted by Crippen LogP contribution is -2.01. The summed E-state index contributed by atoms with van der Waals surface area (Å²) in [6.07, 6.45) is 1.27. The van der Waals surface area contributed by atoms with Crippen LogP contribution in [-0.4, -0.2) is 25.1 Å². The zero-order chi connectivity index (χ0) is 12.5. The molecule has 0 atom stereocenters. The van der Waals surface area contributed by atoms with Gasteiger partial charge in [-0.25, -0.2) is 19.3 Å². The molecule has 0 amide bonds. The molecule has 0 saturated heterocycles. The number of aromatic nitrogens is 5. The largest absolute Gasteiger partial charge is 0.382 e. The second kappa shape index (κ2) is 3.95. The number of benzene rings is 1. The minimum atomic E-state index is -0.422. The van der Waals surface area contributed by atoms with Crippen LogP contribution >= 0.6 is 0 Å². The Labute approximate surface area is 101 Å². The second-order valence-corrected chi connectivity index (χ2v) is 3.55. The van der Waals surface area contributed by atoms with Gasteiger partial charge in [0.2, 0.25) is 5.65 Å². The minimum absolute atomic E-state index is 0.155. The lowest BCUT2D eigenvalue weighted by molar-refractivity contribution is 0.629. The Morgan fingerprint density at radius 2 is 1.89 bits per heavy atom. The molecule has 0 aliphatic rings. The number of nitrogens with zero attached hydrogens (tertiary/aromatic N) is 5. The Morgan fingerprint density at radius 3 is 2.72 bits per heavy atom. The van der Waals surface area contributed by atoms with Crippen molar-refractivity contribution in [3.63, 3.8) is 0 Å². The van der Waals surface area contributed by atoms with Crippen molar-refractivity contribution in [1.82, 2.24) is 25.1 Å². The smallest absolute Gasteiger partial charge is 0.205 e. The molecule has 6 nitrogen and oxygen atoms in total. The molecule has 7 heteroatoms. The molecule has 2 N–H and O–H groups in total. The van der Waals surface area contributed by atoms with Crippen LogP contribution < -0.4 is 5.73 Å². The van der Waals surface area contributed by atoms with E-state index in [4.69, 9.17) is 5.73 Å². The molecule has 0 aliphatic carbocycles. The highest BCUT2D eigenvalue weighted by atomic mass is 19.1. The van der Waals surface area contributed by atoms with Crippen molar-refractivity contribution in [3.05, 3.63) is 36.4 Å². The summed E-state index contributed by atoms with van der Waals surface area (Å²) in [4.78, 5) is 11.8. The molecule has 2 aromatic heterocycles. The van der Waals surface area contributed by atoms with Gasteiger partial charge in [0.05, 0.1) is 5.56 Å². The molecule has 3 aromatic rings. The number of nitrogen functional groups attached to an aromatic ring is 1. The summed E-state index contributed by atoms with van der Waals surface area (Å²) in [6.45, 7) is 0. The van der Waals surface area contributed by atoms with E-state index in [2.05, 4.69) is 25.1 Å². The first-order valence-corrected chi connectivity index (χ1v) is 5.11. The first-order valence-electron chi connectivity index (χ1n) is 5.11. The van der Waals surface area contributed by atoms with Crippen molar-refractivity contribution in [2.45, 2.75) is 0 Å². The summed E-state index contributed by atoms with van der Waals surface area (Å²) in [5.74, 6) is -0.0799. The van der Waals surface area contributed by atoms with E-state index in [1.54, 1.807) is 18.2 Å². The average molecular weight is 242 g/mol. The van der Waals surface area contributed by atoms with Crippen molar-refractivity contribution in [3.8, 4) is 11.4 Å². The van der Waals surface area contributed by atoms with Crippen LogP contribution in [0.15, 0.2) is 30.6 Å². The molecule has 2 heterocycles. The zero-order valence-corrected chi connectivity index (χ0v) is 9.08. The summed E-state index contributed by atoms with van der Waals surface area (Å²) in [5, 5.41) is 7.68. The number of nitrogens with two attached hydrogens (primary N) is 1. The van der Waals surface area contributed by atoms with Crippen LogP contribution in [0.25, 0.3) is 22.6 Å². The van der Waals surface area contributed by atoms with Crippen LogP contribution in [0, 0.1) is 5.82 Å². The Morgan fingerprint density at radius 1 is 1.06 bits per heavy atom. The zero-order valence-electron chi connectivity index (χ0n) is 9.08. The Hall–Kier alpha value is -2.70. The molecule has 0 fully saturated rings. The van der Waals surface area contributed by atoms with Gasteiger partial charge in [0, 0.05) is 0 Å². The standard InChI is InChI=1S/C11H7FN6/c12-7-4-2-1-3-6(7)10-16-8-9(13)14-5-15-11(8)18-17-10/h1-5H,(H2,13,14,15,18). The number of hydrogen-bond acceptors (Lipinski definition) is 6. The Kier molecular flexibility index (Phi) is 2.30. The lowest BCUT2D eigenvalue weighted by atomic mass is 10.2. The predicted molar refractivity (Wildman–Crippen MR) is 62.7 cm³/mol. The second-order valence-electron chi connectivity index (χ2n) is 3.55. The fourth-order valence-electron chi connectivity index (χ4n) is 1.54. The first-order chi connectivity index (χ1) is 8.75. The third kappa shape index (κ3) is 1.61. The van der Waals surface area contributed by atoms with Crippen LogP contribution in [0.5, 0.6) is 0 Å². The average Bonchev–Trinajstić information content (AvgIpc) is 2.40. The van der Waals surface area contributed by atoms with Crippen LogP contribution in [0.3, 0.4) is 0 Å². The summed E-state index contributed by atoms with van der Waals surface area (Å²) in [6, 6.07) is 6.17. The van der Waals surface area contributed by atoms with E-state index in [-0.39, 0.29) is 22.9 Å². The van der Waals surface area contributed by atoms with Crippen LogP contribution in [0.1, 0.15) is 0 Å². The molecule has 3 rings (SSSR count). The summed E-state index contributed by atoms with van der Waals surface area (Å²) in [7, 11) is 0. The number of rotatable bonds is 1. The molecule has 1 aromatic carbocycles. The molecule has 88 valence electrons. The quantitative estimate of drug-likeness (QED) is 0.689. The molecule has 0 aliphatic heterocycles. The lowest BCUT2D eigenvalue weighted by Gasteiger charge is -2.02. The number of fused-ring (bicyclic) bond motifs is 1. The van der Waals surface area contributed by atoms with E-state index < -0.39 is 5.82 Å². The van der Waals surface area contributed by atoms with E-state index in [1.807, 2.05) is 0 Å². The van der Waals surface area contributed by atoms with Crippen molar-refractivity contribution in [2.75, 3.05) is 5.73 Å². The van der Waals surface area contributed by atoms with Crippen LogP contribution in [0.2, 0.25) is 0 Å². The van der Waals surface area contributed by atoms with Gasteiger partial charge in [0.15, 0.2) is 17.2 Å². The van der Waals surface area contributed by atoms with Crippen molar-refractivity contribution >= 4 is 17.0 Å². The van der Waals surface area contributed by atoms with Crippen molar-refractivity contribution in [1.29, 1.82) is 0 Å². The first kappa shape index (κ1) is 10.5. The van der Waals surface area contributed by atoms with Gasteiger partial charge in [-0.3, -0.25) is 0 Å². The van der Waals surface area contributed by atoms with Gasteiger partial charge >= 0.3 is 0 Å². The van der Waals surface area contributed by atoms with Gasteiger partial charge in [0.25, 0.3) is 0 Å². The van der Waals surface area contributed by atoms with Crippen LogP contribution in [0.4, 0.5) is 10.2 Å². The minimum Gasteiger partial charge on any atom is -0.382 e. The van der Waals surface area contributed by atoms with Gasteiger partial charge in [-0.2, -0.15) is 0 Å². The maximum Gasteiger partial charge on any atom is 0.205 e. The normalized spacial score (nSPS) is 10.7. The van der Waals surface area contributed by atoms with Gasteiger partial charge in [-0.1, -0.05) is 12.1 Å². The van der Waals surface area contributed by atoms with E-state index in [9.17, 15) is 4.39 Å². The number of anilines is 1. The SMILES string of the molecule is Nc1ncnc2nnc(-c3ccccc3F)nc12. The summed E-state index contributed by atoms with van der Waals surface area (Å²) in [5.41, 5.74) is 6.52. The van der Waals surface area contributed by atoms with Gasteiger partial charge in [0.1, 0.15) is 12.1 Å². The fraction of sp³-hybridized carbons (Fsp3) is 0. The maximum absolute atomic E-state index is 13.6. The third-order valence-corrected chi connectivity index (χ3v) is 2.40. The van der Waals surface area contributed by atoms with Gasteiger partial charge < -0.3 is 5.73 Å². The van der Waals surface area contributed by atoms with Crippen molar-refractivity contribution < 1.29 is 4.39 Å². The van der Waals surface area contributed by atoms with Gasteiger partial charge in [-0.05, 0) is 12.1 Å². The Balaban J connectivity index is 2.26. The van der Waals surface area contributed by atoms with E-state index in [1.165, 1.54) is 12.4 Å². The van der Waals surface area contributed by atoms with E-state index in [0.29, 0.717) is 5.52 Å². The molecule has 18 heavy (non-hydrogen) atoms. The van der Waals surface area contributed by atoms with Crippen LogP contribution in [-0.2, 0) is 0 Å². The number of halogens is 1. The molecule has 0 unspecified atom stereocenters. The van der Waals surface area contributed by atoms with Gasteiger partial charge in [-0.15, -0.1) is 10.2 Å². The molecule has 0 spiro atoms. The summed E-state index contributed by atoms with van der Waals surface area (Å²) < 4.78 is 13.6. The third-order valence-electron chi connectivity index (χ3n) is 2.40. The topological polar surface area (TPSA) is 90.5 Å².